The van der Waals surface area contributed by atoms with E-state index in [1.54, 1.807) is 0 Å². The van der Waals surface area contributed by atoms with Gasteiger partial charge >= 0.3 is 5.97 Å². The molecule has 1 heterocycles. The summed E-state index contributed by atoms with van der Waals surface area (Å²) in [5, 5.41) is 8.86. The third kappa shape index (κ3) is 4.49. The average molecular weight is 270 g/mol. The predicted molar refractivity (Wildman–Crippen MR) is 73.6 cm³/mol. The van der Waals surface area contributed by atoms with Crippen LogP contribution in [0.5, 0.6) is 0 Å². The van der Waals surface area contributed by atoms with Gasteiger partial charge in [-0.15, -0.1) is 0 Å². The molecule has 1 saturated heterocycles. The maximum atomic E-state index is 12.3. The Kier molecular flexibility index (Phi) is 6.28. The minimum atomic E-state index is -0.760. The summed E-state index contributed by atoms with van der Waals surface area (Å²) in [6, 6.07) is 0. The lowest BCUT2D eigenvalue weighted by Crippen LogP contribution is -2.46. The summed E-state index contributed by atoms with van der Waals surface area (Å²) >= 11 is 0. The largest absolute Gasteiger partial charge is 0.481 e. The molecule has 0 aromatic rings. The van der Waals surface area contributed by atoms with Gasteiger partial charge in [-0.25, -0.2) is 0 Å². The molecule has 1 aliphatic heterocycles. The number of carbonyl (C=O) groups excluding carboxylic acids is 1. The zero-order chi connectivity index (χ0) is 14.4. The number of nitrogens with zero attached hydrogens (tertiary/aromatic N) is 1. The van der Waals surface area contributed by atoms with Gasteiger partial charge < -0.3 is 15.7 Å². The molecule has 0 aliphatic carbocycles. The van der Waals surface area contributed by atoms with E-state index in [0.717, 1.165) is 25.8 Å². The summed E-state index contributed by atoms with van der Waals surface area (Å²) in [4.78, 5) is 24.9. The van der Waals surface area contributed by atoms with Gasteiger partial charge in [0.15, 0.2) is 0 Å². The average Bonchev–Trinajstić information content (AvgIpc) is 2.39. The fourth-order valence-electron chi connectivity index (χ4n) is 2.82. The van der Waals surface area contributed by atoms with Crippen molar-refractivity contribution in [2.75, 3.05) is 19.6 Å². The van der Waals surface area contributed by atoms with Gasteiger partial charge in [-0.05, 0) is 31.1 Å². The number of rotatable bonds is 6. The number of hydrogen-bond acceptors (Lipinski definition) is 3. The molecule has 1 amide bonds. The van der Waals surface area contributed by atoms with Crippen molar-refractivity contribution in [3.8, 4) is 0 Å². The molecular weight excluding hydrogens is 244 g/mol. The molecule has 1 aliphatic rings. The van der Waals surface area contributed by atoms with Crippen LogP contribution in [0.3, 0.4) is 0 Å². The number of carboxylic acids is 1. The lowest BCUT2D eigenvalue weighted by atomic mass is 9.84. The number of likely N-dealkylation sites (tertiary alicyclic amines) is 1. The van der Waals surface area contributed by atoms with E-state index in [9.17, 15) is 9.59 Å². The van der Waals surface area contributed by atoms with Crippen molar-refractivity contribution in [1.29, 1.82) is 0 Å². The van der Waals surface area contributed by atoms with Gasteiger partial charge in [0, 0.05) is 26.1 Å². The number of nitrogens with two attached hydrogens (primary N) is 1. The molecule has 0 saturated carbocycles. The molecule has 0 aromatic heterocycles. The number of piperidine rings is 1. The second-order valence-corrected chi connectivity index (χ2v) is 5.60. The van der Waals surface area contributed by atoms with Crippen LogP contribution in [-0.4, -0.2) is 41.5 Å². The molecule has 3 N–H and O–H groups in total. The van der Waals surface area contributed by atoms with Gasteiger partial charge in [0.2, 0.25) is 5.91 Å². The first kappa shape index (κ1) is 16.0. The second-order valence-electron chi connectivity index (χ2n) is 5.60. The lowest BCUT2D eigenvalue weighted by molar-refractivity contribution is -0.139. The summed E-state index contributed by atoms with van der Waals surface area (Å²) in [5.41, 5.74) is 5.63. The Morgan fingerprint density at radius 2 is 2.16 bits per heavy atom. The van der Waals surface area contributed by atoms with Crippen molar-refractivity contribution in [2.45, 2.75) is 39.5 Å². The number of amides is 1. The van der Waals surface area contributed by atoms with E-state index >= 15 is 0 Å². The Labute approximate surface area is 115 Å². The van der Waals surface area contributed by atoms with Crippen LogP contribution in [0.4, 0.5) is 0 Å². The van der Waals surface area contributed by atoms with Gasteiger partial charge in [0.05, 0.1) is 5.92 Å². The van der Waals surface area contributed by atoms with Gasteiger partial charge in [-0.1, -0.05) is 13.8 Å². The van der Waals surface area contributed by atoms with Gasteiger partial charge in [-0.2, -0.15) is 0 Å². The van der Waals surface area contributed by atoms with Crippen LogP contribution in [0.25, 0.3) is 0 Å². The molecule has 5 nitrogen and oxygen atoms in total. The number of aliphatic carboxylic acids is 1. The minimum Gasteiger partial charge on any atom is -0.481 e. The Morgan fingerprint density at radius 3 is 2.68 bits per heavy atom. The monoisotopic (exact) mass is 270 g/mol. The molecule has 5 heteroatoms. The van der Waals surface area contributed by atoms with E-state index in [0.29, 0.717) is 19.0 Å². The van der Waals surface area contributed by atoms with Crippen molar-refractivity contribution in [2.24, 2.45) is 23.5 Å². The normalized spacial score (nSPS) is 22.9. The van der Waals surface area contributed by atoms with Crippen LogP contribution >= 0.6 is 0 Å². The standard InChI is InChI=1S/C14H26N2O3/c1-3-11(8-15)14(19)16-6-4-5-12(9-16)10(2)7-13(17)18/h10-12H,3-9,15H2,1-2H3,(H,17,18). The highest BCUT2D eigenvalue weighted by Gasteiger charge is 2.30. The van der Waals surface area contributed by atoms with Gasteiger partial charge in [0.25, 0.3) is 0 Å². The molecule has 0 radical (unpaired) electrons. The van der Waals surface area contributed by atoms with E-state index in [1.165, 1.54) is 0 Å². The first-order chi connectivity index (χ1) is 8.99. The Hall–Kier alpha value is -1.10. The molecule has 110 valence electrons. The predicted octanol–water partition coefficient (Wildman–Crippen LogP) is 1.32. The molecule has 1 fully saturated rings. The fourth-order valence-corrected chi connectivity index (χ4v) is 2.82. The zero-order valence-corrected chi connectivity index (χ0v) is 12.0. The smallest absolute Gasteiger partial charge is 0.303 e. The van der Waals surface area contributed by atoms with Crippen LogP contribution in [0.2, 0.25) is 0 Å². The van der Waals surface area contributed by atoms with Crippen molar-refractivity contribution in [3.63, 3.8) is 0 Å². The van der Waals surface area contributed by atoms with Crippen molar-refractivity contribution in [1.82, 2.24) is 4.90 Å². The fraction of sp³-hybridized carbons (Fsp3) is 0.857. The number of carboxylic acid groups (broad SMARTS) is 1. The van der Waals surface area contributed by atoms with Crippen LogP contribution in [-0.2, 0) is 9.59 Å². The van der Waals surface area contributed by atoms with E-state index < -0.39 is 5.97 Å². The summed E-state index contributed by atoms with van der Waals surface area (Å²) in [6.07, 6.45) is 2.92. The Balaban J connectivity index is 2.58. The van der Waals surface area contributed by atoms with Crippen molar-refractivity contribution >= 4 is 11.9 Å². The molecule has 0 bridgehead atoms. The van der Waals surface area contributed by atoms with Crippen LogP contribution in [0.1, 0.15) is 39.5 Å². The van der Waals surface area contributed by atoms with Crippen molar-refractivity contribution in [3.05, 3.63) is 0 Å². The van der Waals surface area contributed by atoms with E-state index in [1.807, 2.05) is 18.7 Å². The molecule has 19 heavy (non-hydrogen) atoms. The van der Waals surface area contributed by atoms with Crippen LogP contribution < -0.4 is 5.73 Å². The Bertz CT molecular complexity index is 316. The highest BCUT2D eigenvalue weighted by molar-refractivity contribution is 5.79. The maximum absolute atomic E-state index is 12.3. The zero-order valence-electron chi connectivity index (χ0n) is 12.0. The number of carbonyl (C=O) groups is 2. The van der Waals surface area contributed by atoms with Gasteiger partial charge in [0.1, 0.15) is 0 Å². The number of hydrogen-bond donors (Lipinski definition) is 2. The van der Waals surface area contributed by atoms with Crippen molar-refractivity contribution < 1.29 is 14.7 Å². The third-order valence-electron chi connectivity index (χ3n) is 4.20. The SMILES string of the molecule is CCC(CN)C(=O)N1CCCC(C(C)CC(=O)O)C1. The summed E-state index contributed by atoms with van der Waals surface area (Å²) in [6.45, 7) is 5.80. The van der Waals surface area contributed by atoms with Gasteiger partial charge in [-0.3, -0.25) is 9.59 Å². The van der Waals surface area contributed by atoms with Crippen LogP contribution in [0.15, 0.2) is 0 Å². The minimum absolute atomic E-state index is 0.0893. The molecule has 3 unspecified atom stereocenters. The molecule has 1 rings (SSSR count). The molecular formula is C14H26N2O3. The van der Waals surface area contributed by atoms with Crippen LogP contribution in [0, 0.1) is 17.8 Å². The first-order valence-corrected chi connectivity index (χ1v) is 7.20. The Morgan fingerprint density at radius 1 is 1.47 bits per heavy atom. The third-order valence-corrected chi connectivity index (χ3v) is 4.20. The molecule has 3 atom stereocenters. The first-order valence-electron chi connectivity index (χ1n) is 7.20. The molecule has 0 aromatic carbocycles. The molecule has 0 spiro atoms. The summed E-state index contributed by atoms with van der Waals surface area (Å²) in [5.74, 6) is -0.301. The lowest BCUT2D eigenvalue weighted by Gasteiger charge is -2.37. The second kappa shape index (κ2) is 7.48. The summed E-state index contributed by atoms with van der Waals surface area (Å²) < 4.78 is 0. The quantitative estimate of drug-likeness (QED) is 0.762. The topological polar surface area (TPSA) is 83.6 Å². The van der Waals surface area contributed by atoms with E-state index in [4.69, 9.17) is 10.8 Å². The highest BCUT2D eigenvalue weighted by Crippen LogP contribution is 2.27. The highest BCUT2D eigenvalue weighted by atomic mass is 16.4. The van der Waals surface area contributed by atoms with E-state index in [2.05, 4.69) is 0 Å². The maximum Gasteiger partial charge on any atom is 0.303 e. The van der Waals surface area contributed by atoms with E-state index in [-0.39, 0.29) is 24.2 Å². The summed E-state index contributed by atoms with van der Waals surface area (Å²) in [7, 11) is 0.